The highest BCUT2D eigenvalue weighted by molar-refractivity contribution is 6.07. The van der Waals surface area contributed by atoms with Gasteiger partial charge in [-0.2, -0.15) is 0 Å². The first-order valence-corrected chi connectivity index (χ1v) is 29.4. The summed E-state index contributed by atoms with van der Waals surface area (Å²) in [6.45, 7) is 5.13. The molecule has 3 aliphatic heterocycles. The van der Waals surface area contributed by atoms with Crippen molar-refractivity contribution in [3.8, 4) is 0 Å². The van der Waals surface area contributed by atoms with Crippen LogP contribution in [0.15, 0.2) is 66.6 Å². The number of hydrogen-bond acceptors (Lipinski definition) is 19. The SMILES string of the molecule is CC(C)[C@H](O)[C@@H]1NC(=O)[C@H]([C@H](C)c2c[nH]c3ccccc23)NC(=O)/C(=C\c2c[nH]c3ccccc23)NC(=O)[C@@H]2[C@@H](O)CCN2C(=O)CNC(=O)[C@H](C)NC(=O)[C@H]([C@H](C)O)NC(=O)[C@@H](NC(=O)[C@H](CO)NC(=O)C[C@H](N)C(=O)O)[C@@H](C)OC(=O)[C@@H]2[C@H](O)CCN2C1=O. The smallest absolute Gasteiger partial charge is 0.331 e. The van der Waals surface area contributed by atoms with E-state index in [1.165, 1.54) is 26.1 Å². The lowest BCUT2D eigenvalue weighted by atomic mass is 9.91. The van der Waals surface area contributed by atoms with Crippen LogP contribution in [0.3, 0.4) is 0 Å². The number of aromatic nitrogens is 2. The van der Waals surface area contributed by atoms with Crippen LogP contribution in [0.1, 0.15) is 77.8 Å². The molecule has 4 aromatic rings. The van der Waals surface area contributed by atoms with Crippen molar-refractivity contribution in [2.24, 2.45) is 11.7 Å². The van der Waals surface area contributed by atoms with Gasteiger partial charge < -0.3 is 103 Å². The zero-order valence-corrected chi connectivity index (χ0v) is 50.5. The number of carbonyl (C=O) groups excluding carboxylic acids is 11. The molecule has 3 aliphatic rings. The summed E-state index contributed by atoms with van der Waals surface area (Å²) in [6, 6.07) is -2.95. The summed E-state index contributed by atoms with van der Waals surface area (Å²) in [5, 5.41) is 85.0. The van der Waals surface area contributed by atoms with Gasteiger partial charge in [0.2, 0.25) is 53.2 Å². The molecule has 5 heterocycles. The molecular formula is C59H77N13O19. The third-order valence-electron chi connectivity index (χ3n) is 16.2. The van der Waals surface area contributed by atoms with Gasteiger partial charge in [-0.3, -0.25) is 52.7 Å². The Hall–Kier alpha value is -9.34. The first kappa shape index (κ1) is 69.1. The van der Waals surface area contributed by atoms with Crippen molar-refractivity contribution in [1.82, 2.24) is 62.3 Å². The number of benzene rings is 2. The number of carboxylic acids is 1. The van der Waals surface area contributed by atoms with E-state index in [0.717, 1.165) is 30.6 Å². The maximum Gasteiger partial charge on any atom is 0.331 e. The van der Waals surface area contributed by atoms with Gasteiger partial charge in [-0.05, 0) is 63.3 Å². The van der Waals surface area contributed by atoms with Gasteiger partial charge in [-0.1, -0.05) is 57.2 Å². The number of aromatic amines is 2. The van der Waals surface area contributed by atoms with Gasteiger partial charge in [0, 0.05) is 58.8 Å². The Bertz CT molecular complexity index is 3460. The Morgan fingerprint density at radius 2 is 1.33 bits per heavy atom. The maximum absolute atomic E-state index is 15.3. The van der Waals surface area contributed by atoms with Gasteiger partial charge in [0.15, 0.2) is 6.04 Å². The molecule has 91 heavy (non-hydrogen) atoms. The number of nitrogens with two attached hydrogens (primary N) is 1. The molecule has 7 rings (SSSR count). The van der Waals surface area contributed by atoms with Crippen LogP contribution < -0.4 is 48.3 Å². The highest BCUT2D eigenvalue weighted by Crippen LogP contribution is 2.30. The van der Waals surface area contributed by atoms with Crippen LogP contribution in [0, 0.1) is 5.92 Å². The Balaban J connectivity index is 1.31. The monoisotopic (exact) mass is 1270 g/mol. The Kier molecular flexibility index (Phi) is 22.8. The van der Waals surface area contributed by atoms with Gasteiger partial charge in [0.25, 0.3) is 5.91 Å². The van der Waals surface area contributed by atoms with Crippen LogP contribution in [0.25, 0.3) is 27.9 Å². The lowest BCUT2D eigenvalue weighted by Gasteiger charge is -2.35. The quantitative estimate of drug-likeness (QED) is 0.0440. The highest BCUT2D eigenvalue weighted by Gasteiger charge is 2.49. The van der Waals surface area contributed by atoms with Crippen LogP contribution in [0.4, 0.5) is 0 Å². The van der Waals surface area contributed by atoms with Crippen molar-refractivity contribution in [2.45, 2.75) is 152 Å². The number of carbonyl (C=O) groups is 12. The average molecular weight is 1270 g/mol. The van der Waals surface area contributed by atoms with E-state index < -0.39 is 200 Å². The lowest BCUT2D eigenvalue weighted by molar-refractivity contribution is -0.164. The first-order chi connectivity index (χ1) is 43.0. The zero-order chi connectivity index (χ0) is 66.9. The summed E-state index contributed by atoms with van der Waals surface area (Å²) >= 11 is 0. The summed E-state index contributed by atoms with van der Waals surface area (Å²) in [5.74, 6) is -16.5. The van der Waals surface area contributed by atoms with Gasteiger partial charge in [-0.15, -0.1) is 0 Å². The van der Waals surface area contributed by atoms with E-state index >= 15 is 14.4 Å². The molecule has 32 heteroatoms. The van der Waals surface area contributed by atoms with E-state index in [9.17, 15) is 73.8 Å². The molecule has 0 saturated carbocycles. The number of aliphatic carboxylic acids is 1. The van der Waals surface area contributed by atoms with Crippen LogP contribution in [0.2, 0.25) is 0 Å². The van der Waals surface area contributed by atoms with E-state index in [-0.39, 0.29) is 19.4 Å². The molecule has 10 amide bonds. The number of fused-ring (bicyclic) bond motifs is 4. The number of nitrogens with zero attached hydrogens (tertiary/aromatic N) is 2. The third-order valence-corrected chi connectivity index (χ3v) is 16.2. The lowest BCUT2D eigenvalue weighted by Crippen LogP contribution is -2.64. The fourth-order valence-corrected chi connectivity index (χ4v) is 10.9. The second-order valence-corrected chi connectivity index (χ2v) is 23.1. The number of aliphatic hydroxyl groups is 5. The second kappa shape index (κ2) is 30.0. The molecule has 0 spiro atoms. The number of para-hydroxylation sites is 2. The Labute approximate surface area is 519 Å². The van der Waals surface area contributed by atoms with Gasteiger partial charge in [-0.25, -0.2) is 4.79 Å². The molecule has 492 valence electrons. The van der Waals surface area contributed by atoms with Crippen molar-refractivity contribution < 1.29 is 92.9 Å². The van der Waals surface area contributed by atoms with Crippen molar-refractivity contribution in [1.29, 1.82) is 0 Å². The minimum absolute atomic E-state index is 0.153. The third kappa shape index (κ3) is 16.2. The minimum atomic E-state index is -2.19. The fraction of sp³-hybridized carbons (Fsp3) is 0.492. The zero-order valence-electron chi connectivity index (χ0n) is 50.5. The molecular weight excluding hydrogens is 1190 g/mol. The van der Waals surface area contributed by atoms with E-state index in [1.807, 2.05) is 0 Å². The Morgan fingerprint density at radius 1 is 0.736 bits per heavy atom. The number of ether oxygens (including phenoxy) is 1. The molecule has 0 aliphatic carbocycles. The molecule has 3 saturated heterocycles. The summed E-state index contributed by atoms with van der Waals surface area (Å²) in [6.07, 6.45) is -5.75. The summed E-state index contributed by atoms with van der Waals surface area (Å²) in [4.78, 5) is 176. The number of rotatable bonds is 13. The summed E-state index contributed by atoms with van der Waals surface area (Å²) < 4.78 is 5.70. The van der Waals surface area contributed by atoms with Crippen molar-refractivity contribution >= 4 is 98.9 Å². The standard InChI is InChI=1S/C59H77N13O19/c1-25(2)49(79)46-57(87)72-18-16-40(76)48(72)59(90)91-29(6)45(69-52(82)38(24-73)65-41(77)20-34(60)58(88)89)55(85)68-44(28(5)74)54(84)64-27(4)50(80)63-23-42(78)71-17-15-39(75)47(71)56(86)66-37(19-30-21-61-35-13-9-7-11-31(30)35)51(81)67-43(53(83)70-46)26(3)33-22-62-36-14-10-8-12-32(33)36/h7-14,19,21-22,25-29,34,38-40,43-49,61-62,73-76,79H,15-18,20,23-24,60H2,1-6H3,(H,63,80)(H,64,84)(H,65,77)(H,66,86)(H,67,81)(H,68,85)(H,69,82)(H,70,83)(H,88,89)/b37-19+/t26-,27+,28+,29-,34+,38+,39+,40-,43+,44+,45+,46+,47+,48+,49+/m1/s1. The molecule has 0 unspecified atom stereocenters. The topological polar surface area (TPSA) is 496 Å². The number of nitrogens with one attached hydrogen (secondary N) is 10. The van der Waals surface area contributed by atoms with Crippen LogP contribution in [0.5, 0.6) is 0 Å². The molecule has 2 aromatic heterocycles. The molecule has 32 nitrogen and oxygen atoms in total. The molecule has 0 radical (unpaired) electrons. The predicted molar refractivity (Wildman–Crippen MR) is 319 cm³/mol. The maximum atomic E-state index is 15.3. The van der Waals surface area contributed by atoms with E-state index in [1.54, 1.807) is 61.7 Å². The summed E-state index contributed by atoms with van der Waals surface area (Å²) in [5.41, 5.74) is 7.01. The average Bonchev–Trinajstić information content (AvgIpc) is 2.13. The number of H-pyrrole nitrogens is 2. The predicted octanol–water partition coefficient (Wildman–Crippen LogP) is -4.98. The van der Waals surface area contributed by atoms with E-state index in [2.05, 4.69) is 52.5 Å². The fourth-order valence-electron chi connectivity index (χ4n) is 10.9. The molecule has 2 aromatic carbocycles. The minimum Gasteiger partial charge on any atom is -0.480 e. The van der Waals surface area contributed by atoms with Crippen LogP contribution >= 0.6 is 0 Å². The number of cyclic esters (lactones) is 1. The van der Waals surface area contributed by atoms with Crippen LogP contribution in [-0.2, 0) is 62.3 Å². The molecule has 18 N–H and O–H groups in total. The van der Waals surface area contributed by atoms with Gasteiger partial charge in [0.1, 0.15) is 60.1 Å². The van der Waals surface area contributed by atoms with Crippen LogP contribution in [-0.4, -0.2) is 233 Å². The molecule has 3 fully saturated rings. The van der Waals surface area contributed by atoms with E-state index in [0.29, 0.717) is 32.9 Å². The van der Waals surface area contributed by atoms with Crippen molar-refractivity contribution in [3.05, 3.63) is 77.7 Å². The van der Waals surface area contributed by atoms with Gasteiger partial charge in [0.05, 0.1) is 44.0 Å². The second-order valence-electron chi connectivity index (χ2n) is 23.1. The van der Waals surface area contributed by atoms with Crippen molar-refractivity contribution in [2.75, 3.05) is 26.2 Å². The molecule has 15 atom stereocenters. The number of carboxylic acid groups (broad SMARTS) is 1. The highest BCUT2D eigenvalue weighted by atomic mass is 16.5. The largest absolute Gasteiger partial charge is 0.480 e. The van der Waals surface area contributed by atoms with E-state index in [4.69, 9.17) is 10.5 Å². The normalized spacial score (nSPS) is 27.0. The summed E-state index contributed by atoms with van der Waals surface area (Å²) in [7, 11) is 0. The number of aliphatic hydroxyl groups excluding tert-OH is 5. The molecule has 0 bridgehead atoms. The first-order valence-electron chi connectivity index (χ1n) is 29.4. The number of esters is 1. The number of hydrogen-bond donors (Lipinski definition) is 17. The Morgan fingerprint density at radius 3 is 1.97 bits per heavy atom. The number of amides is 10. The van der Waals surface area contributed by atoms with Gasteiger partial charge >= 0.3 is 11.9 Å². The van der Waals surface area contributed by atoms with Crippen molar-refractivity contribution in [3.63, 3.8) is 0 Å².